The zero-order valence-electron chi connectivity index (χ0n) is 19.2. The van der Waals surface area contributed by atoms with Crippen LogP contribution in [0.5, 0.6) is 0 Å². The van der Waals surface area contributed by atoms with E-state index in [1.165, 1.54) is 31.2 Å². The molecule has 1 unspecified atom stereocenters. The number of aromatic nitrogens is 1. The van der Waals surface area contributed by atoms with Gasteiger partial charge in [-0.3, -0.25) is 9.59 Å². The number of esters is 1. The van der Waals surface area contributed by atoms with Crippen molar-refractivity contribution in [1.29, 1.82) is 0 Å². The number of sulfonamides is 1. The van der Waals surface area contributed by atoms with Crippen LogP contribution in [0.4, 0.5) is 5.69 Å². The van der Waals surface area contributed by atoms with Gasteiger partial charge < -0.3 is 14.5 Å². The van der Waals surface area contributed by atoms with Crippen molar-refractivity contribution in [2.45, 2.75) is 24.8 Å². The number of ether oxygens (including phenoxy) is 1. The Labute approximate surface area is 206 Å². The smallest absolute Gasteiger partial charge is 0.339 e. The van der Waals surface area contributed by atoms with Crippen LogP contribution >= 0.6 is 0 Å². The number of fused-ring (bicyclic) bond motifs is 1. The summed E-state index contributed by atoms with van der Waals surface area (Å²) in [7, 11) is -4.00. The Balaban J connectivity index is 1.45. The highest BCUT2D eigenvalue weighted by Crippen LogP contribution is 2.27. The molecule has 4 rings (SSSR count). The summed E-state index contributed by atoms with van der Waals surface area (Å²) in [6.07, 6.45) is -1.17. The molecule has 1 aromatic heterocycles. The second-order valence-corrected chi connectivity index (χ2v) is 9.44. The number of benzene rings is 3. The van der Waals surface area contributed by atoms with E-state index in [-0.39, 0.29) is 22.0 Å². The van der Waals surface area contributed by atoms with Gasteiger partial charge in [0, 0.05) is 12.6 Å². The van der Waals surface area contributed by atoms with E-state index in [1.807, 2.05) is 16.9 Å². The second-order valence-electron chi connectivity index (χ2n) is 7.76. The fraction of sp³-hybridized carbons (Fsp3) is 0.120. The molecule has 0 saturated heterocycles. The number of anilines is 1. The quantitative estimate of drug-likeness (QED) is 0.362. The Bertz CT molecular complexity index is 1530. The lowest BCUT2D eigenvalue weighted by molar-refractivity contribution is -0.123. The summed E-state index contributed by atoms with van der Waals surface area (Å²) >= 11 is 0. The first-order valence-electron chi connectivity index (χ1n) is 10.7. The van der Waals surface area contributed by atoms with Gasteiger partial charge in [-0.25, -0.2) is 22.9 Å². The largest absolute Gasteiger partial charge is 0.449 e. The predicted molar refractivity (Wildman–Crippen MR) is 130 cm³/mol. The molecule has 0 saturated carbocycles. The molecule has 0 fully saturated rings. The van der Waals surface area contributed by atoms with Crippen LogP contribution in [0.2, 0.25) is 0 Å². The van der Waals surface area contributed by atoms with E-state index < -0.39 is 33.9 Å². The molecule has 3 aromatic carbocycles. The number of nitrogens with zero attached hydrogens (tertiary/aromatic N) is 1. The number of rotatable bonds is 7. The van der Waals surface area contributed by atoms with E-state index in [0.717, 1.165) is 6.92 Å². The van der Waals surface area contributed by atoms with Gasteiger partial charge >= 0.3 is 5.97 Å². The highest BCUT2D eigenvalue weighted by molar-refractivity contribution is 7.90. The number of hydrogen-bond donors (Lipinski definition) is 2. The first-order valence-corrected chi connectivity index (χ1v) is 12.2. The lowest BCUT2D eigenvalue weighted by atomic mass is 10.1. The Morgan fingerprint density at radius 2 is 1.61 bits per heavy atom. The van der Waals surface area contributed by atoms with E-state index in [9.17, 15) is 22.8 Å². The molecular weight excluding hydrogens is 486 g/mol. The normalized spacial score (nSPS) is 12.1. The van der Waals surface area contributed by atoms with Gasteiger partial charge in [0.25, 0.3) is 15.9 Å². The van der Waals surface area contributed by atoms with E-state index in [2.05, 4.69) is 10.3 Å². The van der Waals surface area contributed by atoms with Gasteiger partial charge in [0.1, 0.15) is 5.52 Å². The molecule has 36 heavy (non-hydrogen) atoms. The number of hydrogen-bond acceptors (Lipinski definition) is 8. The van der Waals surface area contributed by atoms with Crippen molar-refractivity contribution in [1.82, 2.24) is 9.71 Å². The van der Waals surface area contributed by atoms with Gasteiger partial charge in [0.15, 0.2) is 11.7 Å². The van der Waals surface area contributed by atoms with Gasteiger partial charge in [0.2, 0.25) is 11.8 Å². The molecule has 0 bridgehead atoms. The van der Waals surface area contributed by atoms with Gasteiger partial charge in [-0.15, -0.1) is 0 Å². The number of para-hydroxylation sites is 2. The fourth-order valence-corrected chi connectivity index (χ4v) is 4.31. The van der Waals surface area contributed by atoms with Crippen molar-refractivity contribution < 1.29 is 32.0 Å². The van der Waals surface area contributed by atoms with Crippen LogP contribution in [0.1, 0.15) is 24.2 Å². The number of oxazole rings is 1. The summed E-state index contributed by atoms with van der Waals surface area (Å²) < 4.78 is 37.1. The van der Waals surface area contributed by atoms with Crippen LogP contribution in [0, 0.1) is 0 Å². The zero-order chi connectivity index (χ0) is 25.9. The zero-order valence-corrected chi connectivity index (χ0v) is 20.0. The maximum atomic E-state index is 12.9. The molecule has 184 valence electrons. The minimum atomic E-state index is -4.00. The SMILES string of the molecule is CC(=O)NS(=O)(=O)c1ccc(NC(=O)C(C)OC(=O)c2ccccc2-c2nc3ccccc3o2)cc1. The molecular formula is C25H21N3O7S. The molecule has 0 radical (unpaired) electrons. The lowest BCUT2D eigenvalue weighted by Crippen LogP contribution is -2.30. The van der Waals surface area contributed by atoms with Crippen molar-refractivity contribution >= 4 is 44.6 Å². The molecule has 2 N–H and O–H groups in total. The van der Waals surface area contributed by atoms with Crippen LogP contribution in [0.15, 0.2) is 82.1 Å². The summed E-state index contributed by atoms with van der Waals surface area (Å²) in [6.45, 7) is 2.49. The fourth-order valence-electron chi connectivity index (χ4n) is 3.32. The molecule has 0 aliphatic rings. The number of amides is 2. The minimum Gasteiger partial charge on any atom is -0.449 e. The van der Waals surface area contributed by atoms with Gasteiger partial charge in [0.05, 0.1) is 16.0 Å². The molecule has 1 heterocycles. The Morgan fingerprint density at radius 1 is 0.944 bits per heavy atom. The molecule has 1 atom stereocenters. The summed E-state index contributed by atoms with van der Waals surface area (Å²) in [6, 6.07) is 19.0. The molecule has 0 aliphatic heterocycles. The average molecular weight is 508 g/mol. The van der Waals surface area contributed by atoms with Crippen molar-refractivity contribution in [3.8, 4) is 11.5 Å². The third kappa shape index (κ3) is 5.41. The van der Waals surface area contributed by atoms with Crippen LogP contribution in [-0.4, -0.2) is 37.3 Å². The van der Waals surface area contributed by atoms with E-state index in [4.69, 9.17) is 9.15 Å². The standard InChI is InChI=1S/C25H21N3O7S/c1-15(23(30)26-17-11-13-18(14-12-17)36(32,33)28-16(2)29)34-25(31)20-8-4-3-7-19(20)24-27-21-9-5-6-10-22(21)35-24/h3-15H,1-2H3,(H,26,30)(H,28,29). The topological polar surface area (TPSA) is 145 Å². The van der Waals surface area contributed by atoms with Crippen LogP contribution in [0.3, 0.4) is 0 Å². The Morgan fingerprint density at radius 3 is 2.31 bits per heavy atom. The average Bonchev–Trinajstić information content (AvgIpc) is 3.28. The molecule has 4 aromatic rings. The maximum absolute atomic E-state index is 12.9. The number of carbonyl (C=O) groups excluding carboxylic acids is 3. The molecule has 10 nitrogen and oxygen atoms in total. The van der Waals surface area contributed by atoms with Gasteiger partial charge in [-0.05, 0) is 55.5 Å². The minimum absolute atomic E-state index is 0.147. The van der Waals surface area contributed by atoms with Gasteiger partial charge in [-0.1, -0.05) is 24.3 Å². The third-order valence-electron chi connectivity index (χ3n) is 5.03. The van der Waals surface area contributed by atoms with Crippen LogP contribution in [-0.2, 0) is 24.3 Å². The number of nitrogens with one attached hydrogen (secondary N) is 2. The van der Waals surface area contributed by atoms with Crippen molar-refractivity contribution in [3.63, 3.8) is 0 Å². The molecule has 11 heteroatoms. The van der Waals surface area contributed by atoms with Crippen LogP contribution < -0.4 is 10.0 Å². The Hall–Kier alpha value is -4.51. The second kappa shape index (κ2) is 10.0. The van der Waals surface area contributed by atoms with Crippen molar-refractivity contribution in [3.05, 3.63) is 78.4 Å². The summed E-state index contributed by atoms with van der Waals surface area (Å²) in [5, 5.41) is 2.55. The first-order chi connectivity index (χ1) is 17.1. The van der Waals surface area contributed by atoms with E-state index in [1.54, 1.807) is 36.4 Å². The number of carbonyl (C=O) groups is 3. The first kappa shape index (κ1) is 24.6. The molecule has 0 spiro atoms. The summed E-state index contributed by atoms with van der Waals surface area (Å²) in [5.41, 5.74) is 2.08. The monoisotopic (exact) mass is 507 g/mol. The highest BCUT2D eigenvalue weighted by atomic mass is 32.2. The Kier molecular flexibility index (Phi) is 6.84. The lowest BCUT2D eigenvalue weighted by Gasteiger charge is -2.15. The molecule has 2 amide bonds. The van der Waals surface area contributed by atoms with Gasteiger partial charge in [-0.2, -0.15) is 0 Å². The van der Waals surface area contributed by atoms with Crippen molar-refractivity contribution in [2.24, 2.45) is 0 Å². The van der Waals surface area contributed by atoms with Crippen molar-refractivity contribution in [2.75, 3.05) is 5.32 Å². The molecule has 0 aliphatic carbocycles. The third-order valence-corrected chi connectivity index (χ3v) is 6.48. The summed E-state index contributed by atoms with van der Waals surface area (Å²) in [4.78, 5) is 40.8. The highest BCUT2D eigenvalue weighted by Gasteiger charge is 2.23. The summed E-state index contributed by atoms with van der Waals surface area (Å²) in [5.74, 6) is -1.84. The van der Waals surface area contributed by atoms with Crippen LogP contribution in [0.25, 0.3) is 22.6 Å². The van der Waals surface area contributed by atoms with E-state index >= 15 is 0 Å². The predicted octanol–water partition coefficient (Wildman–Crippen LogP) is 3.50. The van der Waals surface area contributed by atoms with E-state index in [0.29, 0.717) is 16.7 Å². The maximum Gasteiger partial charge on any atom is 0.339 e.